The molecule has 0 radical (unpaired) electrons. The molecule has 0 aliphatic carbocycles. The number of aromatic nitrogens is 3. The van der Waals surface area contributed by atoms with Gasteiger partial charge in [0.25, 0.3) is 0 Å². The number of rotatable bonds is 15. The second-order valence-corrected chi connectivity index (χ2v) is 29.5. The van der Waals surface area contributed by atoms with E-state index in [1.807, 2.05) is 0 Å². The summed E-state index contributed by atoms with van der Waals surface area (Å²) in [6, 6.07) is 131. The summed E-state index contributed by atoms with van der Waals surface area (Å²) in [5.41, 5.74) is 11.8. The quantitative estimate of drug-likeness (QED) is 0.0758. The van der Waals surface area contributed by atoms with Crippen LogP contribution in [0.4, 0.5) is 0 Å². The van der Waals surface area contributed by atoms with Crippen LogP contribution in [0, 0.1) is 0 Å². The Morgan fingerprint density at radius 3 is 0.663 bits per heavy atom. The third-order valence-electron chi connectivity index (χ3n) is 16.8. The Morgan fingerprint density at radius 2 is 0.360 bits per heavy atom. The second-order valence-electron chi connectivity index (χ2n) is 21.8. The molecule has 0 saturated carbocycles. The van der Waals surface area contributed by atoms with Crippen molar-refractivity contribution in [3.8, 4) is 78.7 Å². The molecule has 3 nitrogen and oxygen atoms in total. The van der Waals surface area contributed by atoms with Crippen molar-refractivity contribution >= 4 is 57.6 Å². The van der Waals surface area contributed by atoms with Gasteiger partial charge in [0.1, 0.15) is 0 Å². The van der Waals surface area contributed by atoms with Crippen LogP contribution in [0.1, 0.15) is 0 Å². The van der Waals surface area contributed by atoms with E-state index in [0.717, 1.165) is 38.9 Å². The molecule has 5 heteroatoms. The molecule has 0 bridgehead atoms. The largest absolute Gasteiger partial charge is 0.208 e. The lowest BCUT2D eigenvalue weighted by molar-refractivity contribution is 1.07. The minimum Gasteiger partial charge on any atom is -0.208 e. The zero-order valence-corrected chi connectivity index (χ0v) is 49.4. The van der Waals surface area contributed by atoms with Crippen molar-refractivity contribution in [3.05, 3.63) is 358 Å². The fraction of sp³-hybridized carbons (Fsp3) is 0. The summed E-state index contributed by atoms with van der Waals surface area (Å²) in [7, 11) is -6.70. The van der Waals surface area contributed by atoms with Crippen LogP contribution in [-0.2, 0) is 0 Å². The van der Waals surface area contributed by atoms with Crippen LogP contribution in [0.2, 0.25) is 0 Å². The molecule has 0 fully saturated rings. The standard InChI is InChI=1S/C81H59N3Si2/c1-9-27-60(28-10-1)64-47-51-75(52-48-64)85(71-39-17-5-18-40-71,72-41-19-6-20-42-72)77-57-70(58-78(59-77)86(73-43-21-7-22-44-73,74-45-23-8-24-46-74)76-53-49-65(50-54-76)61-29-11-2-12-30-61)81-83-79(68-37-25-35-66(55-68)62-31-13-3-14-32-62)82-80(84-81)69-38-26-36-67(56-69)63-33-15-4-16-34-63/h1-59H. The molecule has 86 heavy (non-hydrogen) atoms. The predicted octanol–water partition coefficient (Wildman–Crippen LogP) is 14.3. The summed E-state index contributed by atoms with van der Waals surface area (Å²) in [6.07, 6.45) is 0. The molecule has 0 aliphatic rings. The Hall–Kier alpha value is -10.7. The Balaban J connectivity index is 1.11. The van der Waals surface area contributed by atoms with Crippen LogP contribution in [0.5, 0.6) is 0 Å². The molecular formula is C81H59N3Si2. The Bertz CT molecular complexity index is 4200. The first-order valence-electron chi connectivity index (χ1n) is 29.4. The van der Waals surface area contributed by atoms with Gasteiger partial charge in [0, 0.05) is 16.7 Å². The van der Waals surface area contributed by atoms with Crippen molar-refractivity contribution < 1.29 is 0 Å². The van der Waals surface area contributed by atoms with E-state index in [1.54, 1.807) is 0 Å². The molecule has 0 saturated heterocycles. The van der Waals surface area contributed by atoms with Crippen molar-refractivity contribution in [1.82, 2.24) is 15.0 Å². The molecule has 0 aliphatic heterocycles. The monoisotopic (exact) mass is 1130 g/mol. The summed E-state index contributed by atoms with van der Waals surface area (Å²) in [6.45, 7) is 0. The highest BCUT2D eigenvalue weighted by atomic mass is 28.3. The number of hydrogen-bond acceptors (Lipinski definition) is 3. The maximum Gasteiger partial charge on any atom is 0.179 e. The molecule has 1 aromatic heterocycles. The van der Waals surface area contributed by atoms with E-state index in [4.69, 9.17) is 15.0 Å². The Morgan fingerprint density at radius 1 is 0.140 bits per heavy atom. The highest BCUT2D eigenvalue weighted by Crippen LogP contribution is 2.31. The molecule has 13 aromatic carbocycles. The van der Waals surface area contributed by atoms with E-state index in [2.05, 4.69) is 358 Å². The fourth-order valence-electron chi connectivity index (χ4n) is 12.7. The minimum atomic E-state index is -3.35. The summed E-state index contributed by atoms with van der Waals surface area (Å²) >= 11 is 0. The zero-order valence-electron chi connectivity index (χ0n) is 47.4. The van der Waals surface area contributed by atoms with Gasteiger partial charge >= 0.3 is 0 Å². The van der Waals surface area contributed by atoms with Gasteiger partial charge in [-0.25, -0.2) is 15.0 Å². The lowest BCUT2D eigenvalue weighted by Gasteiger charge is -2.38. The van der Waals surface area contributed by atoms with Gasteiger partial charge in [-0.05, 0) is 98.1 Å². The van der Waals surface area contributed by atoms with Crippen molar-refractivity contribution in [3.63, 3.8) is 0 Å². The smallest absolute Gasteiger partial charge is 0.179 e. The summed E-state index contributed by atoms with van der Waals surface area (Å²) in [5, 5.41) is 10.1. The van der Waals surface area contributed by atoms with Crippen LogP contribution in [-0.4, -0.2) is 31.1 Å². The van der Waals surface area contributed by atoms with Gasteiger partial charge in [0.2, 0.25) is 0 Å². The SMILES string of the molecule is c1ccc(-c2ccc([Si](c3ccccc3)(c3ccccc3)c3cc(-c4nc(-c5cccc(-c6ccccc6)c5)nc(-c5cccc(-c6ccccc6)c5)n4)cc([Si](c4ccccc4)(c4ccccc4)c4ccc(-c5ccccc5)cc4)c3)cc2)cc1. The summed E-state index contributed by atoms with van der Waals surface area (Å²) in [5.74, 6) is 1.78. The van der Waals surface area contributed by atoms with Crippen LogP contribution >= 0.6 is 0 Å². The highest BCUT2D eigenvalue weighted by Gasteiger charge is 2.46. The topological polar surface area (TPSA) is 38.7 Å². The summed E-state index contributed by atoms with van der Waals surface area (Å²) < 4.78 is 0. The summed E-state index contributed by atoms with van der Waals surface area (Å²) in [4.78, 5) is 16.9. The molecule has 1 heterocycles. The van der Waals surface area contributed by atoms with Gasteiger partial charge < -0.3 is 0 Å². The van der Waals surface area contributed by atoms with Crippen LogP contribution < -0.4 is 41.5 Å². The van der Waals surface area contributed by atoms with Crippen molar-refractivity contribution in [1.29, 1.82) is 0 Å². The van der Waals surface area contributed by atoms with E-state index < -0.39 is 16.1 Å². The lowest BCUT2D eigenvalue weighted by atomic mass is 10.0. The molecule has 14 aromatic rings. The second kappa shape index (κ2) is 23.9. The maximum absolute atomic E-state index is 5.70. The zero-order chi connectivity index (χ0) is 57.5. The van der Waals surface area contributed by atoms with Crippen LogP contribution in [0.25, 0.3) is 78.7 Å². The average Bonchev–Trinajstić information content (AvgIpc) is 0.814. The van der Waals surface area contributed by atoms with E-state index >= 15 is 0 Å². The third-order valence-corrected chi connectivity index (χ3v) is 26.3. The average molecular weight is 1130 g/mol. The van der Waals surface area contributed by atoms with Gasteiger partial charge in [-0.3, -0.25) is 0 Å². The molecule has 0 N–H and O–H groups in total. The first kappa shape index (κ1) is 53.3. The van der Waals surface area contributed by atoms with Gasteiger partial charge in [-0.15, -0.1) is 0 Å². The lowest BCUT2D eigenvalue weighted by Crippen LogP contribution is -2.78. The molecular weight excluding hydrogens is 1070 g/mol. The maximum atomic E-state index is 5.70. The van der Waals surface area contributed by atoms with Crippen molar-refractivity contribution in [2.24, 2.45) is 0 Å². The van der Waals surface area contributed by atoms with Crippen LogP contribution in [0.3, 0.4) is 0 Å². The molecule has 406 valence electrons. The first-order valence-corrected chi connectivity index (χ1v) is 33.4. The number of hydrogen-bond donors (Lipinski definition) is 0. The van der Waals surface area contributed by atoms with Gasteiger partial charge in [-0.1, -0.05) is 346 Å². The Labute approximate surface area is 506 Å². The number of benzene rings is 13. The van der Waals surface area contributed by atoms with Gasteiger partial charge in [-0.2, -0.15) is 0 Å². The van der Waals surface area contributed by atoms with Crippen molar-refractivity contribution in [2.75, 3.05) is 0 Å². The van der Waals surface area contributed by atoms with E-state index in [1.165, 1.54) is 63.7 Å². The molecule has 0 amide bonds. The fourth-order valence-corrected chi connectivity index (χ4v) is 22.5. The molecule has 0 spiro atoms. The van der Waals surface area contributed by atoms with E-state index in [0.29, 0.717) is 17.5 Å². The predicted molar refractivity (Wildman–Crippen MR) is 365 cm³/mol. The number of nitrogens with zero attached hydrogens (tertiary/aromatic N) is 3. The van der Waals surface area contributed by atoms with Crippen LogP contribution in [0.15, 0.2) is 358 Å². The Kier molecular flexibility index (Phi) is 14.8. The third kappa shape index (κ3) is 10.3. The van der Waals surface area contributed by atoms with Crippen molar-refractivity contribution in [2.45, 2.75) is 0 Å². The van der Waals surface area contributed by atoms with Gasteiger partial charge in [0.15, 0.2) is 33.6 Å². The van der Waals surface area contributed by atoms with E-state index in [-0.39, 0.29) is 0 Å². The molecule has 0 unspecified atom stereocenters. The highest BCUT2D eigenvalue weighted by molar-refractivity contribution is 7.22. The molecule has 14 rings (SSSR count). The normalized spacial score (nSPS) is 11.5. The molecule has 0 atom stereocenters. The van der Waals surface area contributed by atoms with E-state index in [9.17, 15) is 0 Å². The first-order chi connectivity index (χ1) is 42.6. The van der Waals surface area contributed by atoms with Gasteiger partial charge in [0.05, 0.1) is 0 Å². The minimum absolute atomic E-state index is 0.593.